The molecule has 2 atom stereocenters. The Morgan fingerprint density at radius 1 is 1.53 bits per heavy atom. The third-order valence-corrected chi connectivity index (χ3v) is 3.70. The zero-order valence-corrected chi connectivity index (χ0v) is 11.9. The lowest BCUT2D eigenvalue weighted by atomic mass is 9.93. The quantitative estimate of drug-likeness (QED) is 0.898. The van der Waals surface area contributed by atoms with Gasteiger partial charge in [0.15, 0.2) is 5.01 Å². The molecule has 1 aromatic heterocycles. The standard InChI is InChI=1S/C10H14F2N4OS.ClH/c1-5-4-6(2-3-13-5)8(17)14-10-16-15-9(18-10)7(11)12;/h5-7,13H,2-4H2,1H3,(H,14,16,17);1H/t5-,6-;/m0./s1. The minimum Gasteiger partial charge on any atom is -0.314 e. The van der Waals surface area contributed by atoms with Gasteiger partial charge in [-0.3, -0.25) is 4.79 Å². The Labute approximate surface area is 119 Å². The van der Waals surface area contributed by atoms with Crippen LogP contribution in [-0.2, 0) is 4.79 Å². The second-order valence-corrected chi connectivity index (χ2v) is 5.32. The summed E-state index contributed by atoms with van der Waals surface area (Å²) in [5, 5.41) is 12.4. The maximum atomic E-state index is 12.3. The third-order valence-electron chi connectivity index (χ3n) is 2.85. The number of carbonyl (C=O) groups is 1. The normalized spacial score (nSPS) is 22.9. The molecule has 1 aromatic rings. The molecular weight excluding hydrogens is 298 g/mol. The molecule has 0 spiro atoms. The molecule has 0 bridgehead atoms. The first-order valence-electron chi connectivity index (χ1n) is 5.72. The number of alkyl halides is 2. The lowest BCUT2D eigenvalue weighted by Crippen LogP contribution is -2.40. The van der Waals surface area contributed by atoms with Crippen LogP contribution < -0.4 is 10.6 Å². The molecule has 2 N–H and O–H groups in total. The van der Waals surface area contributed by atoms with Crippen LogP contribution in [0.4, 0.5) is 13.9 Å². The largest absolute Gasteiger partial charge is 0.314 e. The van der Waals surface area contributed by atoms with Crippen LogP contribution in [0.5, 0.6) is 0 Å². The van der Waals surface area contributed by atoms with E-state index in [0.29, 0.717) is 17.4 Å². The molecule has 1 aliphatic rings. The van der Waals surface area contributed by atoms with Crippen molar-refractivity contribution >= 4 is 34.8 Å². The van der Waals surface area contributed by atoms with Crippen LogP contribution in [0.3, 0.4) is 0 Å². The Bertz CT molecular complexity index is 431. The lowest BCUT2D eigenvalue weighted by Gasteiger charge is -2.26. The number of hydrogen-bond acceptors (Lipinski definition) is 5. The summed E-state index contributed by atoms with van der Waals surface area (Å²) in [5.41, 5.74) is 0. The van der Waals surface area contributed by atoms with Crippen molar-refractivity contribution in [3.05, 3.63) is 5.01 Å². The van der Waals surface area contributed by atoms with Gasteiger partial charge in [-0.2, -0.15) is 0 Å². The molecule has 0 radical (unpaired) electrons. The van der Waals surface area contributed by atoms with E-state index in [0.717, 1.165) is 19.4 Å². The monoisotopic (exact) mass is 312 g/mol. The molecule has 2 rings (SSSR count). The van der Waals surface area contributed by atoms with Crippen LogP contribution in [0, 0.1) is 5.92 Å². The highest BCUT2D eigenvalue weighted by atomic mass is 35.5. The molecule has 1 aliphatic heterocycles. The van der Waals surface area contributed by atoms with Gasteiger partial charge in [0.2, 0.25) is 11.0 Å². The fourth-order valence-electron chi connectivity index (χ4n) is 1.95. The van der Waals surface area contributed by atoms with Crippen molar-refractivity contribution in [2.75, 3.05) is 11.9 Å². The Hall–Kier alpha value is -0.860. The second-order valence-electron chi connectivity index (χ2n) is 4.31. The summed E-state index contributed by atoms with van der Waals surface area (Å²) in [4.78, 5) is 11.9. The SMILES string of the molecule is C[C@H]1C[C@@H](C(=O)Nc2nnc(C(F)F)s2)CCN1.Cl. The Morgan fingerprint density at radius 2 is 2.26 bits per heavy atom. The minimum atomic E-state index is -2.65. The molecule has 2 heterocycles. The number of hydrogen-bond donors (Lipinski definition) is 2. The van der Waals surface area contributed by atoms with E-state index in [2.05, 4.69) is 20.8 Å². The Morgan fingerprint density at radius 3 is 2.84 bits per heavy atom. The van der Waals surface area contributed by atoms with E-state index < -0.39 is 6.43 Å². The second kappa shape index (κ2) is 7.06. The molecule has 0 saturated carbocycles. The number of anilines is 1. The van der Waals surface area contributed by atoms with Gasteiger partial charge in [-0.25, -0.2) is 8.78 Å². The highest BCUT2D eigenvalue weighted by molar-refractivity contribution is 7.15. The molecule has 19 heavy (non-hydrogen) atoms. The van der Waals surface area contributed by atoms with Crippen LogP contribution in [0.2, 0.25) is 0 Å². The molecule has 1 saturated heterocycles. The van der Waals surface area contributed by atoms with Crippen molar-refractivity contribution < 1.29 is 13.6 Å². The van der Waals surface area contributed by atoms with E-state index in [1.165, 1.54) is 0 Å². The summed E-state index contributed by atoms with van der Waals surface area (Å²) < 4.78 is 24.6. The smallest absolute Gasteiger partial charge is 0.291 e. The number of carbonyl (C=O) groups excluding carboxylic acids is 1. The number of amides is 1. The van der Waals surface area contributed by atoms with Gasteiger partial charge >= 0.3 is 0 Å². The summed E-state index contributed by atoms with van der Waals surface area (Å²) in [7, 11) is 0. The van der Waals surface area contributed by atoms with Crippen molar-refractivity contribution in [3.8, 4) is 0 Å². The average molecular weight is 313 g/mol. The van der Waals surface area contributed by atoms with Crippen molar-refractivity contribution in [3.63, 3.8) is 0 Å². The van der Waals surface area contributed by atoms with E-state index in [9.17, 15) is 13.6 Å². The van der Waals surface area contributed by atoms with Gasteiger partial charge in [0, 0.05) is 12.0 Å². The molecule has 108 valence electrons. The molecule has 0 aliphatic carbocycles. The van der Waals surface area contributed by atoms with Crippen molar-refractivity contribution in [2.24, 2.45) is 5.92 Å². The van der Waals surface area contributed by atoms with E-state index in [4.69, 9.17) is 0 Å². The molecule has 9 heteroatoms. The maximum Gasteiger partial charge on any atom is 0.291 e. The Kier molecular flexibility index (Phi) is 6.02. The summed E-state index contributed by atoms with van der Waals surface area (Å²) >= 11 is 0.714. The van der Waals surface area contributed by atoms with E-state index >= 15 is 0 Å². The topological polar surface area (TPSA) is 66.9 Å². The predicted octanol–water partition coefficient (Wildman–Crippen LogP) is 2.22. The Balaban J connectivity index is 0.00000180. The van der Waals surface area contributed by atoms with Crippen LogP contribution >= 0.6 is 23.7 Å². The summed E-state index contributed by atoms with van der Waals surface area (Å²) in [6, 6.07) is 0.292. The van der Waals surface area contributed by atoms with Gasteiger partial charge < -0.3 is 10.6 Å². The average Bonchev–Trinajstić information content (AvgIpc) is 2.77. The number of aromatic nitrogens is 2. The number of nitrogens with one attached hydrogen (secondary N) is 2. The molecule has 5 nitrogen and oxygen atoms in total. The number of rotatable bonds is 3. The van der Waals surface area contributed by atoms with Crippen LogP contribution in [-0.4, -0.2) is 28.7 Å². The molecule has 0 aromatic carbocycles. The van der Waals surface area contributed by atoms with Gasteiger partial charge in [-0.1, -0.05) is 11.3 Å². The van der Waals surface area contributed by atoms with E-state index in [-0.39, 0.29) is 34.4 Å². The van der Waals surface area contributed by atoms with E-state index in [1.807, 2.05) is 6.92 Å². The molecule has 1 fully saturated rings. The fraction of sp³-hybridized carbons (Fsp3) is 0.700. The first-order valence-corrected chi connectivity index (χ1v) is 6.53. The minimum absolute atomic E-state index is 0. The zero-order valence-electron chi connectivity index (χ0n) is 10.2. The third kappa shape index (κ3) is 4.32. The van der Waals surface area contributed by atoms with Gasteiger partial charge in [0.1, 0.15) is 0 Å². The van der Waals surface area contributed by atoms with Gasteiger partial charge in [-0.05, 0) is 26.3 Å². The zero-order chi connectivity index (χ0) is 13.1. The summed E-state index contributed by atoms with van der Waals surface area (Å²) in [6.45, 7) is 2.80. The number of nitrogens with zero attached hydrogens (tertiary/aromatic N) is 2. The molecular formula is C10H15ClF2N4OS. The fourth-order valence-corrected chi connectivity index (χ4v) is 2.55. The number of halogens is 3. The van der Waals surface area contributed by atoms with Gasteiger partial charge in [-0.15, -0.1) is 22.6 Å². The van der Waals surface area contributed by atoms with Crippen LogP contribution in [0.15, 0.2) is 0 Å². The van der Waals surface area contributed by atoms with Gasteiger partial charge in [0.25, 0.3) is 6.43 Å². The molecule has 0 unspecified atom stereocenters. The van der Waals surface area contributed by atoms with Crippen molar-refractivity contribution in [1.82, 2.24) is 15.5 Å². The lowest BCUT2D eigenvalue weighted by molar-refractivity contribution is -0.120. The van der Waals surface area contributed by atoms with Crippen LogP contribution in [0.25, 0.3) is 0 Å². The highest BCUT2D eigenvalue weighted by Crippen LogP contribution is 2.26. The first-order chi connectivity index (χ1) is 8.56. The molecule has 1 amide bonds. The van der Waals surface area contributed by atoms with E-state index in [1.54, 1.807) is 0 Å². The van der Waals surface area contributed by atoms with Crippen LogP contribution in [0.1, 0.15) is 31.2 Å². The highest BCUT2D eigenvalue weighted by Gasteiger charge is 2.25. The van der Waals surface area contributed by atoms with Crippen molar-refractivity contribution in [2.45, 2.75) is 32.2 Å². The van der Waals surface area contributed by atoms with Crippen molar-refractivity contribution in [1.29, 1.82) is 0 Å². The summed E-state index contributed by atoms with van der Waals surface area (Å²) in [6.07, 6.45) is -1.16. The maximum absolute atomic E-state index is 12.3. The summed E-state index contributed by atoms with van der Waals surface area (Å²) in [5.74, 6) is -0.263. The van der Waals surface area contributed by atoms with Gasteiger partial charge in [0.05, 0.1) is 0 Å². The predicted molar refractivity (Wildman–Crippen MR) is 70.9 cm³/mol. The number of piperidine rings is 1. The first kappa shape index (κ1) is 16.2.